The van der Waals surface area contributed by atoms with Gasteiger partial charge in [0.2, 0.25) is 5.91 Å². The Bertz CT molecular complexity index is 735. The minimum Gasteiger partial charge on any atom is -0.370 e. The van der Waals surface area contributed by atoms with Crippen molar-refractivity contribution in [3.05, 3.63) is 29.9 Å². The number of imidazole rings is 1. The molecule has 0 saturated carbocycles. The molecule has 2 aromatic heterocycles. The molecule has 1 unspecified atom stereocenters. The number of amides is 1. The van der Waals surface area contributed by atoms with Crippen molar-refractivity contribution in [1.82, 2.24) is 29.6 Å². The molecule has 0 fully saturated rings. The number of aromatic nitrogens is 5. The maximum Gasteiger partial charge on any atom is 0.248 e. The summed E-state index contributed by atoms with van der Waals surface area (Å²) in [7, 11) is 0. The number of carbonyl (C=O) groups excluding carboxylic acids is 1. The van der Waals surface area contributed by atoms with Gasteiger partial charge in [0.05, 0.1) is 6.61 Å². The fourth-order valence-electron chi connectivity index (χ4n) is 3.03. The highest BCUT2D eigenvalue weighted by Crippen LogP contribution is 2.29. The van der Waals surface area contributed by atoms with Crippen LogP contribution in [0.5, 0.6) is 0 Å². The average Bonchev–Trinajstić information content (AvgIpc) is 3.15. The van der Waals surface area contributed by atoms with Crippen molar-refractivity contribution in [3.63, 3.8) is 0 Å². The van der Waals surface area contributed by atoms with Crippen LogP contribution in [-0.2, 0) is 28.2 Å². The molecule has 3 heterocycles. The van der Waals surface area contributed by atoms with Gasteiger partial charge in [0.15, 0.2) is 5.82 Å². The molecule has 8 heteroatoms. The molecule has 0 spiro atoms. The zero-order chi connectivity index (χ0) is 17.3. The monoisotopic (exact) mass is 332 g/mol. The summed E-state index contributed by atoms with van der Waals surface area (Å²) in [6.07, 6.45) is 3.66. The summed E-state index contributed by atoms with van der Waals surface area (Å²) < 4.78 is 9.54. The maximum absolute atomic E-state index is 12.9. The van der Waals surface area contributed by atoms with E-state index < -0.39 is 5.54 Å². The van der Waals surface area contributed by atoms with Crippen molar-refractivity contribution < 1.29 is 9.53 Å². The predicted octanol–water partition coefficient (Wildman–Crippen LogP) is 0.968. The van der Waals surface area contributed by atoms with Crippen LogP contribution < -0.4 is 5.32 Å². The molecule has 1 aliphatic rings. The lowest BCUT2D eigenvalue weighted by Crippen LogP contribution is -2.53. The second kappa shape index (κ2) is 6.35. The van der Waals surface area contributed by atoms with Crippen LogP contribution in [0.3, 0.4) is 0 Å². The summed E-state index contributed by atoms with van der Waals surface area (Å²) in [4.78, 5) is 17.1. The van der Waals surface area contributed by atoms with Crippen LogP contribution >= 0.6 is 0 Å². The van der Waals surface area contributed by atoms with E-state index in [1.54, 1.807) is 6.20 Å². The van der Waals surface area contributed by atoms with Crippen molar-refractivity contribution >= 4 is 5.91 Å². The summed E-state index contributed by atoms with van der Waals surface area (Å²) in [6, 6.07) is 0. The Morgan fingerprint density at radius 2 is 2.25 bits per heavy atom. The maximum atomic E-state index is 12.9. The molecule has 8 nitrogen and oxygen atoms in total. The van der Waals surface area contributed by atoms with Gasteiger partial charge in [0, 0.05) is 31.4 Å². The first-order chi connectivity index (χ1) is 11.4. The van der Waals surface area contributed by atoms with E-state index in [4.69, 9.17) is 4.74 Å². The standard InChI is InChI=1S/C16H24N6O2/c1-11(2)14-20-19-13-9-24-10-16(4,22(13)14)15(23)18-6-8-21-7-5-17-12(21)3/h5,7,11H,6,8-10H2,1-4H3,(H,18,23). The number of nitrogens with zero attached hydrogens (tertiary/aromatic N) is 5. The molecule has 1 amide bonds. The largest absolute Gasteiger partial charge is 0.370 e. The Hall–Kier alpha value is -2.22. The molecule has 0 saturated heterocycles. The number of fused-ring (bicyclic) bond motifs is 1. The van der Waals surface area contributed by atoms with Gasteiger partial charge in [-0.2, -0.15) is 0 Å². The number of carbonyl (C=O) groups is 1. The summed E-state index contributed by atoms with van der Waals surface area (Å²) in [5.74, 6) is 2.55. The van der Waals surface area contributed by atoms with Crippen LogP contribution in [0.1, 0.15) is 44.2 Å². The van der Waals surface area contributed by atoms with Gasteiger partial charge >= 0.3 is 0 Å². The second-order valence-electron chi connectivity index (χ2n) is 6.65. The normalized spacial score (nSPS) is 20.2. The van der Waals surface area contributed by atoms with E-state index in [0.717, 1.165) is 11.6 Å². The highest BCUT2D eigenvalue weighted by molar-refractivity contribution is 5.84. The first-order valence-electron chi connectivity index (χ1n) is 8.22. The Morgan fingerprint density at radius 3 is 2.92 bits per heavy atom. The molecule has 1 aliphatic heterocycles. The van der Waals surface area contributed by atoms with Crippen LogP contribution in [0, 0.1) is 6.92 Å². The Balaban J connectivity index is 1.75. The van der Waals surface area contributed by atoms with E-state index in [2.05, 4.69) is 20.5 Å². The van der Waals surface area contributed by atoms with E-state index in [-0.39, 0.29) is 11.8 Å². The van der Waals surface area contributed by atoms with Crippen LogP contribution in [0.2, 0.25) is 0 Å². The summed E-state index contributed by atoms with van der Waals surface area (Å²) >= 11 is 0. The van der Waals surface area contributed by atoms with Crippen molar-refractivity contribution in [2.75, 3.05) is 13.2 Å². The minimum absolute atomic E-state index is 0.0806. The number of nitrogens with one attached hydrogen (secondary N) is 1. The molecule has 0 aliphatic carbocycles. The van der Waals surface area contributed by atoms with Gasteiger partial charge in [-0.25, -0.2) is 4.98 Å². The van der Waals surface area contributed by atoms with Gasteiger partial charge in [-0.3, -0.25) is 9.36 Å². The molecule has 2 aromatic rings. The van der Waals surface area contributed by atoms with E-state index in [0.29, 0.717) is 32.1 Å². The Kier molecular flexibility index (Phi) is 4.40. The van der Waals surface area contributed by atoms with Gasteiger partial charge in [-0.05, 0) is 13.8 Å². The summed E-state index contributed by atoms with van der Waals surface area (Å²) in [6.45, 7) is 9.82. The van der Waals surface area contributed by atoms with Crippen LogP contribution in [0.4, 0.5) is 0 Å². The molecule has 1 atom stereocenters. The van der Waals surface area contributed by atoms with Crippen molar-refractivity contribution in [2.24, 2.45) is 0 Å². The van der Waals surface area contributed by atoms with Gasteiger partial charge in [-0.15, -0.1) is 10.2 Å². The smallest absolute Gasteiger partial charge is 0.248 e. The highest BCUT2D eigenvalue weighted by atomic mass is 16.5. The predicted molar refractivity (Wildman–Crippen MR) is 87.4 cm³/mol. The summed E-state index contributed by atoms with van der Waals surface area (Å²) in [5.41, 5.74) is -0.833. The number of hydrogen-bond donors (Lipinski definition) is 1. The zero-order valence-electron chi connectivity index (χ0n) is 14.6. The number of hydrogen-bond acceptors (Lipinski definition) is 5. The van der Waals surface area contributed by atoms with Gasteiger partial charge in [-0.1, -0.05) is 13.8 Å². The summed E-state index contributed by atoms with van der Waals surface area (Å²) in [5, 5.41) is 11.4. The number of ether oxygens (including phenoxy) is 1. The molecule has 1 N–H and O–H groups in total. The van der Waals surface area contributed by atoms with Gasteiger partial charge < -0.3 is 14.6 Å². The Morgan fingerprint density at radius 1 is 1.46 bits per heavy atom. The molecule has 0 bridgehead atoms. The fourth-order valence-corrected chi connectivity index (χ4v) is 3.03. The van der Waals surface area contributed by atoms with Gasteiger partial charge in [0.1, 0.15) is 23.8 Å². The lowest BCUT2D eigenvalue weighted by molar-refractivity contribution is -0.135. The lowest BCUT2D eigenvalue weighted by atomic mass is 9.99. The van der Waals surface area contributed by atoms with E-state index in [1.807, 2.05) is 43.0 Å². The van der Waals surface area contributed by atoms with E-state index in [9.17, 15) is 4.79 Å². The Labute approximate surface area is 141 Å². The lowest BCUT2D eigenvalue weighted by Gasteiger charge is -2.35. The quantitative estimate of drug-likeness (QED) is 0.881. The topological polar surface area (TPSA) is 86.9 Å². The third-order valence-corrected chi connectivity index (χ3v) is 4.43. The average molecular weight is 332 g/mol. The first kappa shape index (κ1) is 16.6. The zero-order valence-corrected chi connectivity index (χ0v) is 14.6. The number of aryl methyl sites for hydroxylation is 1. The molecule has 3 rings (SSSR count). The molecule has 0 radical (unpaired) electrons. The van der Waals surface area contributed by atoms with Crippen molar-refractivity contribution in [3.8, 4) is 0 Å². The molecular weight excluding hydrogens is 308 g/mol. The fraction of sp³-hybridized carbons (Fsp3) is 0.625. The third-order valence-electron chi connectivity index (χ3n) is 4.43. The highest BCUT2D eigenvalue weighted by Gasteiger charge is 2.42. The molecule has 24 heavy (non-hydrogen) atoms. The van der Waals surface area contributed by atoms with Crippen LogP contribution in [-0.4, -0.2) is 43.4 Å². The third kappa shape index (κ3) is 2.82. The van der Waals surface area contributed by atoms with Crippen LogP contribution in [0.25, 0.3) is 0 Å². The number of rotatable bonds is 5. The molecular formula is C16H24N6O2. The van der Waals surface area contributed by atoms with E-state index in [1.165, 1.54) is 0 Å². The second-order valence-corrected chi connectivity index (χ2v) is 6.65. The van der Waals surface area contributed by atoms with Crippen LogP contribution in [0.15, 0.2) is 12.4 Å². The van der Waals surface area contributed by atoms with Crippen molar-refractivity contribution in [2.45, 2.75) is 52.3 Å². The first-order valence-corrected chi connectivity index (χ1v) is 8.22. The minimum atomic E-state index is -0.833. The van der Waals surface area contributed by atoms with E-state index >= 15 is 0 Å². The SMILES string of the molecule is Cc1nccn1CCNC(=O)C1(C)COCc2nnc(C(C)C)n21. The molecule has 130 valence electrons. The molecule has 0 aromatic carbocycles. The van der Waals surface area contributed by atoms with Crippen molar-refractivity contribution in [1.29, 1.82) is 0 Å². The van der Waals surface area contributed by atoms with Gasteiger partial charge in [0.25, 0.3) is 0 Å².